The summed E-state index contributed by atoms with van der Waals surface area (Å²) in [5, 5.41) is 0. The Morgan fingerprint density at radius 2 is 2.29 bits per heavy atom. The van der Waals surface area contributed by atoms with Crippen LogP contribution in [0.1, 0.15) is 6.92 Å². The lowest BCUT2D eigenvalue weighted by molar-refractivity contribution is -0.0433. The van der Waals surface area contributed by atoms with E-state index < -0.39 is 0 Å². The van der Waals surface area contributed by atoms with Crippen molar-refractivity contribution >= 4 is 0 Å². The van der Waals surface area contributed by atoms with Gasteiger partial charge in [0.2, 0.25) is 0 Å². The van der Waals surface area contributed by atoms with Crippen LogP contribution in [0.3, 0.4) is 0 Å². The van der Waals surface area contributed by atoms with E-state index >= 15 is 0 Å². The number of hydrogen-bond donors (Lipinski definition) is 1. The van der Waals surface area contributed by atoms with Crippen LogP contribution in [0.25, 0.3) is 0 Å². The van der Waals surface area contributed by atoms with E-state index in [1.807, 2.05) is 0 Å². The number of nitrogens with zero attached hydrogens (tertiary/aromatic N) is 2. The van der Waals surface area contributed by atoms with E-state index in [-0.39, 0.29) is 0 Å². The Hall–Kier alpha value is -0.200. The highest BCUT2D eigenvalue weighted by atomic mass is 16.5. The minimum absolute atomic E-state index is 0.312. The number of morpholine rings is 1. The molecule has 0 radical (unpaired) electrons. The van der Waals surface area contributed by atoms with Crippen molar-refractivity contribution in [3.05, 3.63) is 0 Å². The van der Waals surface area contributed by atoms with Crippen LogP contribution < -0.4 is 5.73 Å². The molecule has 0 aromatic carbocycles. The third-order valence-corrected chi connectivity index (χ3v) is 3.19. The lowest BCUT2D eigenvalue weighted by Gasteiger charge is -2.35. The molecule has 0 spiro atoms. The Morgan fingerprint density at radius 3 is 2.94 bits per heavy atom. The van der Waals surface area contributed by atoms with Gasteiger partial charge < -0.3 is 15.2 Å². The first-order valence-corrected chi connectivity index (χ1v) is 6.55. The van der Waals surface area contributed by atoms with Crippen molar-refractivity contribution in [3.8, 4) is 0 Å². The molecule has 1 aliphatic rings. The van der Waals surface area contributed by atoms with Crippen LogP contribution in [0.4, 0.5) is 0 Å². The second-order valence-electron chi connectivity index (χ2n) is 4.47. The van der Waals surface area contributed by atoms with Crippen molar-refractivity contribution in [3.63, 3.8) is 0 Å². The fourth-order valence-corrected chi connectivity index (χ4v) is 2.16. The molecule has 0 saturated carbocycles. The molecule has 1 atom stereocenters. The van der Waals surface area contributed by atoms with E-state index in [0.29, 0.717) is 12.6 Å². The van der Waals surface area contributed by atoms with Crippen LogP contribution in [-0.4, -0.2) is 82.0 Å². The molecule has 2 N–H and O–H groups in total. The Bertz CT molecular complexity index is 191. The van der Waals surface area contributed by atoms with Gasteiger partial charge in [0.05, 0.1) is 19.3 Å². The molecule has 1 heterocycles. The smallest absolute Gasteiger partial charge is 0.0829 e. The maximum atomic E-state index is 5.80. The summed E-state index contributed by atoms with van der Waals surface area (Å²) in [6.07, 6.45) is 0.312. The molecule has 0 aromatic heterocycles. The summed E-state index contributed by atoms with van der Waals surface area (Å²) in [6.45, 7) is 10.5. The largest absolute Gasteiger partial charge is 0.383 e. The van der Waals surface area contributed by atoms with E-state index in [1.165, 1.54) is 0 Å². The highest BCUT2D eigenvalue weighted by Crippen LogP contribution is 2.06. The van der Waals surface area contributed by atoms with Crippen molar-refractivity contribution in [2.24, 2.45) is 5.73 Å². The van der Waals surface area contributed by atoms with Crippen molar-refractivity contribution in [2.75, 3.05) is 66.1 Å². The summed E-state index contributed by atoms with van der Waals surface area (Å²) in [4.78, 5) is 4.76. The van der Waals surface area contributed by atoms with Gasteiger partial charge in [0.15, 0.2) is 0 Å². The number of hydrogen-bond acceptors (Lipinski definition) is 5. The van der Waals surface area contributed by atoms with Gasteiger partial charge in [-0.15, -0.1) is 0 Å². The molecule has 1 saturated heterocycles. The van der Waals surface area contributed by atoms with Crippen LogP contribution in [0.5, 0.6) is 0 Å². The third kappa shape index (κ3) is 5.79. The maximum absolute atomic E-state index is 5.80. The highest BCUT2D eigenvalue weighted by Gasteiger charge is 2.21. The number of methoxy groups -OCH3 is 1. The molecule has 1 unspecified atom stereocenters. The lowest BCUT2D eigenvalue weighted by Crippen LogP contribution is -2.48. The van der Waals surface area contributed by atoms with Crippen LogP contribution in [0, 0.1) is 0 Å². The number of nitrogens with two attached hydrogens (primary N) is 1. The average molecular weight is 245 g/mol. The molecule has 0 amide bonds. The highest BCUT2D eigenvalue weighted by molar-refractivity contribution is 4.74. The zero-order chi connectivity index (χ0) is 12.5. The van der Waals surface area contributed by atoms with Gasteiger partial charge >= 0.3 is 0 Å². The molecule has 1 aliphatic heterocycles. The van der Waals surface area contributed by atoms with Gasteiger partial charge in [0.25, 0.3) is 0 Å². The van der Waals surface area contributed by atoms with Crippen LogP contribution in [-0.2, 0) is 9.47 Å². The molecule has 1 fully saturated rings. The molecule has 5 nitrogen and oxygen atoms in total. The Kier molecular flexibility index (Phi) is 7.72. The molecule has 0 aliphatic carbocycles. The Morgan fingerprint density at radius 1 is 1.47 bits per heavy atom. The van der Waals surface area contributed by atoms with E-state index in [4.69, 9.17) is 15.2 Å². The minimum Gasteiger partial charge on any atom is -0.383 e. The van der Waals surface area contributed by atoms with Crippen molar-refractivity contribution in [1.29, 1.82) is 0 Å². The first-order valence-electron chi connectivity index (χ1n) is 6.55. The van der Waals surface area contributed by atoms with Crippen LogP contribution in [0.2, 0.25) is 0 Å². The Labute approximate surface area is 105 Å². The van der Waals surface area contributed by atoms with Crippen LogP contribution >= 0.6 is 0 Å². The SMILES string of the molecule is CCN1CCOC(CN(CCN)CCOC)C1. The molecule has 5 heteroatoms. The summed E-state index contributed by atoms with van der Waals surface area (Å²) < 4.78 is 10.9. The van der Waals surface area contributed by atoms with E-state index in [0.717, 1.165) is 52.5 Å². The van der Waals surface area contributed by atoms with Gasteiger partial charge in [0.1, 0.15) is 0 Å². The van der Waals surface area contributed by atoms with E-state index in [9.17, 15) is 0 Å². The molecule has 0 aromatic rings. The second-order valence-corrected chi connectivity index (χ2v) is 4.47. The molecular formula is C12H27N3O2. The summed E-state index contributed by atoms with van der Waals surface area (Å²) >= 11 is 0. The standard InChI is InChI=1S/C12H27N3O2/c1-3-14-7-9-17-12(10-14)11-15(5-4-13)6-8-16-2/h12H,3-11,13H2,1-2H3. The first-order chi connectivity index (χ1) is 8.30. The molecule has 1 rings (SSSR count). The van der Waals surface area contributed by atoms with Gasteiger partial charge in [-0.25, -0.2) is 0 Å². The third-order valence-electron chi connectivity index (χ3n) is 3.19. The second kappa shape index (κ2) is 8.83. The van der Waals surface area contributed by atoms with Crippen LogP contribution in [0.15, 0.2) is 0 Å². The minimum atomic E-state index is 0.312. The monoisotopic (exact) mass is 245 g/mol. The van der Waals surface area contributed by atoms with Crippen molar-refractivity contribution < 1.29 is 9.47 Å². The van der Waals surface area contributed by atoms with Crippen molar-refractivity contribution in [2.45, 2.75) is 13.0 Å². The molecule has 17 heavy (non-hydrogen) atoms. The summed E-state index contributed by atoms with van der Waals surface area (Å²) in [5.74, 6) is 0. The molecule has 0 bridgehead atoms. The van der Waals surface area contributed by atoms with E-state index in [2.05, 4.69) is 16.7 Å². The van der Waals surface area contributed by atoms with Gasteiger partial charge in [-0.1, -0.05) is 6.92 Å². The summed E-state index contributed by atoms with van der Waals surface area (Å²) in [7, 11) is 1.73. The maximum Gasteiger partial charge on any atom is 0.0829 e. The number of rotatable bonds is 8. The zero-order valence-corrected chi connectivity index (χ0v) is 11.2. The predicted molar refractivity (Wildman–Crippen MR) is 69.2 cm³/mol. The fourth-order valence-electron chi connectivity index (χ4n) is 2.16. The predicted octanol–water partition coefficient (Wildman–Crippen LogP) is -0.386. The first kappa shape index (κ1) is 14.9. The van der Waals surface area contributed by atoms with Gasteiger partial charge in [-0.2, -0.15) is 0 Å². The van der Waals surface area contributed by atoms with Gasteiger partial charge in [-0.05, 0) is 6.54 Å². The average Bonchev–Trinajstić information content (AvgIpc) is 2.36. The fraction of sp³-hybridized carbons (Fsp3) is 1.00. The topological polar surface area (TPSA) is 51.0 Å². The summed E-state index contributed by atoms with van der Waals surface area (Å²) in [5.41, 5.74) is 5.63. The van der Waals surface area contributed by atoms with Crippen molar-refractivity contribution in [1.82, 2.24) is 9.80 Å². The van der Waals surface area contributed by atoms with Gasteiger partial charge in [-0.3, -0.25) is 9.80 Å². The normalized spacial score (nSPS) is 22.2. The zero-order valence-electron chi connectivity index (χ0n) is 11.2. The number of likely N-dealkylation sites (N-methyl/N-ethyl adjacent to an activating group) is 1. The lowest BCUT2D eigenvalue weighted by atomic mass is 10.2. The Balaban J connectivity index is 2.31. The quantitative estimate of drug-likeness (QED) is 0.631. The van der Waals surface area contributed by atoms with Gasteiger partial charge in [0, 0.05) is 46.4 Å². The number of ether oxygens (including phenoxy) is 2. The van der Waals surface area contributed by atoms with E-state index in [1.54, 1.807) is 7.11 Å². The summed E-state index contributed by atoms with van der Waals surface area (Å²) in [6, 6.07) is 0. The molecule has 102 valence electrons. The molecular weight excluding hydrogens is 218 g/mol.